The Morgan fingerprint density at radius 3 is 2.93 bits per heavy atom. The minimum absolute atomic E-state index is 0.217. The number of aliphatic hydroxyl groups excluding tert-OH is 1. The van der Waals surface area contributed by atoms with E-state index in [4.69, 9.17) is 5.73 Å². The maximum Gasteiger partial charge on any atom is 0.0635 e. The molecule has 1 aliphatic rings. The Morgan fingerprint density at radius 2 is 2.21 bits per heavy atom. The first-order chi connectivity index (χ1) is 6.83. The van der Waals surface area contributed by atoms with E-state index in [1.54, 1.807) is 0 Å². The van der Waals surface area contributed by atoms with Gasteiger partial charge in [-0.15, -0.1) is 0 Å². The first kappa shape index (κ1) is 9.34. The van der Waals surface area contributed by atoms with E-state index in [2.05, 4.69) is 4.90 Å². The van der Waals surface area contributed by atoms with Crippen molar-refractivity contribution in [2.45, 2.75) is 18.9 Å². The van der Waals surface area contributed by atoms with E-state index < -0.39 is 0 Å². The van der Waals surface area contributed by atoms with Crippen LogP contribution in [0.1, 0.15) is 12.8 Å². The van der Waals surface area contributed by atoms with E-state index in [9.17, 15) is 5.11 Å². The third-order valence-electron chi connectivity index (χ3n) is 2.83. The monoisotopic (exact) mass is 192 g/mol. The molecule has 2 rings (SSSR count). The zero-order valence-corrected chi connectivity index (χ0v) is 8.19. The van der Waals surface area contributed by atoms with Gasteiger partial charge in [0.1, 0.15) is 0 Å². The van der Waals surface area contributed by atoms with Crippen LogP contribution in [0, 0.1) is 0 Å². The maximum absolute atomic E-state index is 9.21. The molecule has 3 N–H and O–H groups in total. The minimum atomic E-state index is 0.217. The fourth-order valence-electron chi connectivity index (χ4n) is 2.09. The first-order valence-electron chi connectivity index (χ1n) is 5.05. The van der Waals surface area contributed by atoms with E-state index in [0.29, 0.717) is 0 Å². The summed E-state index contributed by atoms with van der Waals surface area (Å²) in [7, 11) is 0. The van der Waals surface area contributed by atoms with Crippen molar-refractivity contribution in [3.05, 3.63) is 24.3 Å². The van der Waals surface area contributed by atoms with Crippen molar-refractivity contribution in [1.82, 2.24) is 0 Å². The molecule has 0 aromatic heterocycles. The molecule has 1 atom stereocenters. The second-order valence-corrected chi connectivity index (χ2v) is 3.73. The average molecular weight is 192 g/mol. The Labute approximate surface area is 84.1 Å². The van der Waals surface area contributed by atoms with E-state index >= 15 is 0 Å². The average Bonchev–Trinajstić information content (AvgIpc) is 2.66. The summed E-state index contributed by atoms with van der Waals surface area (Å²) in [6, 6.07) is 8.09. The van der Waals surface area contributed by atoms with Crippen LogP contribution in [-0.4, -0.2) is 24.3 Å². The van der Waals surface area contributed by atoms with Gasteiger partial charge < -0.3 is 15.7 Å². The predicted molar refractivity (Wildman–Crippen MR) is 58.3 cm³/mol. The van der Waals surface area contributed by atoms with E-state index in [-0.39, 0.29) is 12.6 Å². The van der Waals surface area contributed by atoms with Gasteiger partial charge in [-0.05, 0) is 25.0 Å². The molecule has 0 unspecified atom stereocenters. The van der Waals surface area contributed by atoms with Gasteiger partial charge in [-0.1, -0.05) is 12.1 Å². The number of nitrogens with zero attached hydrogens (tertiary/aromatic N) is 1. The Balaban J connectivity index is 2.26. The lowest BCUT2D eigenvalue weighted by Gasteiger charge is -2.26. The van der Waals surface area contributed by atoms with Gasteiger partial charge in [-0.25, -0.2) is 0 Å². The number of nitrogens with two attached hydrogens (primary N) is 1. The van der Waals surface area contributed by atoms with Crippen molar-refractivity contribution in [3.8, 4) is 0 Å². The summed E-state index contributed by atoms with van der Waals surface area (Å²) >= 11 is 0. The van der Waals surface area contributed by atoms with Crippen LogP contribution in [0.4, 0.5) is 11.4 Å². The molecule has 1 saturated heterocycles. The lowest BCUT2D eigenvalue weighted by molar-refractivity contribution is 0.266. The van der Waals surface area contributed by atoms with Gasteiger partial charge in [0.05, 0.1) is 24.0 Å². The van der Waals surface area contributed by atoms with Crippen LogP contribution in [0.5, 0.6) is 0 Å². The molecule has 0 saturated carbocycles. The van der Waals surface area contributed by atoms with E-state index in [1.807, 2.05) is 24.3 Å². The molecule has 1 aromatic carbocycles. The van der Waals surface area contributed by atoms with Crippen LogP contribution in [0.3, 0.4) is 0 Å². The molecule has 1 heterocycles. The third-order valence-corrected chi connectivity index (χ3v) is 2.83. The summed E-state index contributed by atoms with van der Waals surface area (Å²) < 4.78 is 0. The summed E-state index contributed by atoms with van der Waals surface area (Å²) in [5.41, 5.74) is 7.75. The minimum Gasteiger partial charge on any atom is -0.397 e. The lowest BCUT2D eigenvalue weighted by Crippen LogP contribution is -2.32. The molecule has 0 radical (unpaired) electrons. The molecule has 0 bridgehead atoms. The number of hydrogen-bond acceptors (Lipinski definition) is 3. The third kappa shape index (κ3) is 1.55. The summed E-state index contributed by atoms with van der Waals surface area (Å²) in [4.78, 5) is 2.20. The molecule has 14 heavy (non-hydrogen) atoms. The zero-order valence-electron chi connectivity index (χ0n) is 8.19. The van der Waals surface area contributed by atoms with Crippen molar-refractivity contribution >= 4 is 11.4 Å². The quantitative estimate of drug-likeness (QED) is 0.693. The molecule has 1 fully saturated rings. The topological polar surface area (TPSA) is 49.5 Å². The van der Waals surface area contributed by atoms with Crippen molar-refractivity contribution in [2.24, 2.45) is 0 Å². The highest BCUT2D eigenvalue weighted by Gasteiger charge is 2.24. The number of anilines is 2. The first-order valence-corrected chi connectivity index (χ1v) is 5.05. The van der Waals surface area contributed by atoms with Gasteiger partial charge in [-0.2, -0.15) is 0 Å². The zero-order chi connectivity index (χ0) is 9.97. The molecule has 76 valence electrons. The Bertz CT molecular complexity index is 314. The standard InChI is InChI=1S/C11H16N2O/c12-10-5-1-2-6-11(10)13-7-3-4-9(13)8-14/h1-2,5-6,9,14H,3-4,7-8,12H2/t9-/m1/s1. The number of para-hydroxylation sites is 2. The van der Waals surface area contributed by atoms with Gasteiger partial charge >= 0.3 is 0 Å². The second kappa shape index (κ2) is 3.88. The van der Waals surface area contributed by atoms with Crippen molar-refractivity contribution in [2.75, 3.05) is 23.8 Å². The largest absolute Gasteiger partial charge is 0.397 e. The molecule has 0 spiro atoms. The Morgan fingerprint density at radius 1 is 1.43 bits per heavy atom. The number of aliphatic hydroxyl groups is 1. The SMILES string of the molecule is Nc1ccccc1N1CCC[C@@H]1CO. The van der Waals surface area contributed by atoms with Crippen molar-refractivity contribution in [1.29, 1.82) is 0 Å². The van der Waals surface area contributed by atoms with Crippen molar-refractivity contribution in [3.63, 3.8) is 0 Å². The normalized spacial score (nSPS) is 21.5. The van der Waals surface area contributed by atoms with Crippen LogP contribution < -0.4 is 10.6 Å². The summed E-state index contributed by atoms with van der Waals surface area (Å²) in [5.74, 6) is 0. The molecule has 0 amide bonds. The molecule has 0 aliphatic carbocycles. The fourth-order valence-corrected chi connectivity index (χ4v) is 2.09. The van der Waals surface area contributed by atoms with Crippen LogP contribution in [0.15, 0.2) is 24.3 Å². The summed E-state index contributed by atoms with van der Waals surface area (Å²) in [6.45, 7) is 1.22. The van der Waals surface area contributed by atoms with Crippen LogP contribution in [-0.2, 0) is 0 Å². The van der Waals surface area contributed by atoms with Gasteiger partial charge in [-0.3, -0.25) is 0 Å². The van der Waals surface area contributed by atoms with Gasteiger partial charge in [0.25, 0.3) is 0 Å². The van der Waals surface area contributed by atoms with Gasteiger partial charge in [0, 0.05) is 6.54 Å². The maximum atomic E-state index is 9.21. The number of nitrogen functional groups attached to an aromatic ring is 1. The predicted octanol–water partition coefficient (Wildman–Crippen LogP) is 1.23. The Hall–Kier alpha value is -1.22. The van der Waals surface area contributed by atoms with E-state index in [1.165, 1.54) is 0 Å². The highest BCUT2D eigenvalue weighted by molar-refractivity contribution is 5.68. The Kier molecular flexibility index (Phi) is 2.59. The van der Waals surface area contributed by atoms with Crippen LogP contribution in [0.2, 0.25) is 0 Å². The number of rotatable bonds is 2. The van der Waals surface area contributed by atoms with Crippen molar-refractivity contribution < 1.29 is 5.11 Å². The molecule has 3 nitrogen and oxygen atoms in total. The molecular formula is C11H16N2O. The molecule has 1 aromatic rings. The van der Waals surface area contributed by atoms with Crippen LogP contribution in [0.25, 0.3) is 0 Å². The number of benzene rings is 1. The van der Waals surface area contributed by atoms with Gasteiger partial charge in [0.2, 0.25) is 0 Å². The summed E-state index contributed by atoms with van der Waals surface area (Å²) in [5, 5.41) is 9.21. The molecular weight excluding hydrogens is 176 g/mol. The second-order valence-electron chi connectivity index (χ2n) is 3.73. The lowest BCUT2D eigenvalue weighted by atomic mass is 10.2. The summed E-state index contributed by atoms with van der Waals surface area (Å²) in [6.07, 6.45) is 2.20. The number of hydrogen-bond donors (Lipinski definition) is 2. The van der Waals surface area contributed by atoms with Crippen LogP contribution >= 0.6 is 0 Å². The smallest absolute Gasteiger partial charge is 0.0635 e. The fraction of sp³-hybridized carbons (Fsp3) is 0.455. The van der Waals surface area contributed by atoms with E-state index in [0.717, 1.165) is 30.8 Å². The highest BCUT2D eigenvalue weighted by atomic mass is 16.3. The molecule has 3 heteroatoms. The highest BCUT2D eigenvalue weighted by Crippen LogP contribution is 2.29. The molecule has 1 aliphatic heterocycles. The van der Waals surface area contributed by atoms with Gasteiger partial charge in [0.15, 0.2) is 0 Å².